The third-order valence-corrected chi connectivity index (χ3v) is 8.80. The highest BCUT2D eigenvalue weighted by Gasteiger charge is 2.26. The van der Waals surface area contributed by atoms with Gasteiger partial charge in [-0.05, 0) is 67.0 Å². The minimum Gasteiger partial charge on any atom is -0.370 e. The van der Waals surface area contributed by atoms with Crippen molar-refractivity contribution in [1.29, 1.82) is 0 Å². The number of primary amides is 1. The van der Waals surface area contributed by atoms with E-state index in [2.05, 4.69) is 36.2 Å². The molecule has 9 nitrogen and oxygen atoms in total. The van der Waals surface area contributed by atoms with Gasteiger partial charge in [-0.1, -0.05) is 105 Å². The maximum atomic E-state index is 14.2. The van der Waals surface area contributed by atoms with E-state index in [-0.39, 0.29) is 11.9 Å². The Morgan fingerprint density at radius 2 is 1.47 bits per heavy atom. The first-order chi connectivity index (χ1) is 23.8. The zero-order valence-corrected chi connectivity index (χ0v) is 28.3. The Labute approximate surface area is 288 Å². The quantitative estimate of drug-likeness (QED) is 0.0602. The van der Waals surface area contributed by atoms with E-state index in [0.29, 0.717) is 49.4 Å². The Morgan fingerprint density at radius 1 is 0.796 bits per heavy atom. The standard InChI is InChI=1S/C40H47N7O2/c1-2-3-6-12-30-18-20-32(21-19-30)38-45-34-27-33(22-23-35(34)47(38)36(37(41)48)17-11-25-44-40(42)43)39(49)46(28-31-15-9-5-10-16-31)26-24-29-13-7-4-8-14-29/h4-5,7-10,13-16,18-23,27,36H,2-3,6,11-12,17,24-26,28H2,1H3,(H2,41,48)(H4,42,43,44)/t36-/m0/s1. The molecule has 5 rings (SSSR count). The number of carbonyl (C=O) groups excluding carboxylic acids is 2. The summed E-state index contributed by atoms with van der Waals surface area (Å²) in [5.41, 5.74) is 23.3. The summed E-state index contributed by atoms with van der Waals surface area (Å²) in [4.78, 5) is 38.2. The predicted octanol–water partition coefficient (Wildman–Crippen LogP) is 6.40. The van der Waals surface area contributed by atoms with Crippen LogP contribution < -0.4 is 17.2 Å². The maximum Gasteiger partial charge on any atom is 0.254 e. The SMILES string of the molecule is CCCCCc1ccc(-c2nc3cc(C(=O)N(CCc4ccccc4)Cc4ccccc4)ccc3n2[C@@H](CCCN=C(N)N)C(N)=O)cc1. The number of nitrogens with two attached hydrogens (primary N) is 3. The van der Waals surface area contributed by atoms with Crippen molar-refractivity contribution in [3.05, 3.63) is 125 Å². The highest BCUT2D eigenvalue weighted by atomic mass is 16.2. The molecule has 4 aromatic carbocycles. The second kappa shape index (κ2) is 17.1. The third-order valence-electron chi connectivity index (χ3n) is 8.80. The van der Waals surface area contributed by atoms with Gasteiger partial charge < -0.3 is 26.7 Å². The van der Waals surface area contributed by atoms with Gasteiger partial charge in [-0.3, -0.25) is 14.6 Å². The van der Waals surface area contributed by atoms with Crippen LogP contribution in [0.2, 0.25) is 0 Å². The first-order valence-electron chi connectivity index (χ1n) is 17.2. The van der Waals surface area contributed by atoms with Crippen LogP contribution in [0.3, 0.4) is 0 Å². The van der Waals surface area contributed by atoms with Crippen molar-refractivity contribution in [2.24, 2.45) is 22.2 Å². The molecular weight excluding hydrogens is 610 g/mol. The molecule has 0 saturated carbocycles. The number of unbranched alkanes of at least 4 members (excludes halogenated alkanes) is 2. The number of fused-ring (bicyclic) bond motifs is 1. The van der Waals surface area contributed by atoms with Crippen LogP contribution in [0.25, 0.3) is 22.4 Å². The normalized spacial score (nSPS) is 11.7. The summed E-state index contributed by atoms with van der Waals surface area (Å²) in [7, 11) is 0. The van der Waals surface area contributed by atoms with Gasteiger partial charge in [0.25, 0.3) is 5.91 Å². The van der Waals surface area contributed by atoms with E-state index in [4.69, 9.17) is 22.2 Å². The number of imidazole rings is 1. The molecule has 0 saturated heterocycles. The second-order valence-electron chi connectivity index (χ2n) is 12.5. The van der Waals surface area contributed by atoms with Gasteiger partial charge in [0.15, 0.2) is 5.96 Å². The summed E-state index contributed by atoms with van der Waals surface area (Å²) in [5, 5.41) is 0. The molecule has 0 spiro atoms. The fraction of sp³-hybridized carbons (Fsp3) is 0.300. The molecule has 0 bridgehead atoms. The summed E-state index contributed by atoms with van der Waals surface area (Å²) in [6.07, 6.45) is 6.20. The number of rotatable bonds is 17. The first kappa shape index (κ1) is 34.9. The largest absolute Gasteiger partial charge is 0.370 e. The van der Waals surface area contributed by atoms with Gasteiger partial charge in [-0.15, -0.1) is 0 Å². The van der Waals surface area contributed by atoms with E-state index in [1.807, 2.05) is 88.3 Å². The van der Waals surface area contributed by atoms with Crippen molar-refractivity contribution in [3.63, 3.8) is 0 Å². The van der Waals surface area contributed by atoms with E-state index in [1.165, 1.54) is 24.0 Å². The number of amides is 2. The average Bonchev–Trinajstić information content (AvgIpc) is 3.49. The van der Waals surface area contributed by atoms with Gasteiger partial charge in [0, 0.05) is 30.8 Å². The van der Waals surface area contributed by atoms with Crippen molar-refractivity contribution in [3.8, 4) is 11.4 Å². The molecule has 2 amide bonds. The van der Waals surface area contributed by atoms with Crippen molar-refractivity contribution in [2.45, 2.75) is 64.5 Å². The molecule has 49 heavy (non-hydrogen) atoms. The summed E-state index contributed by atoms with van der Waals surface area (Å²) >= 11 is 0. The zero-order chi connectivity index (χ0) is 34.6. The number of benzene rings is 4. The molecule has 0 aliphatic carbocycles. The fourth-order valence-electron chi connectivity index (χ4n) is 6.19. The number of aromatic nitrogens is 2. The number of guanidine groups is 1. The lowest BCUT2D eigenvalue weighted by molar-refractivity contribution is -0.121. The zero-order valence-electron chi connectivity index (χ0n) is 28.3. The van der Waals surface area contributed by atoms with Crippen LogP contribution in [0, 0.1) is 0 Å². The van der Waals surface area contributed by atoms with Crippen LogP contribution in [0.1, 0.15) is 72.1 Å². The average molecular weight is 658 g/mol. The lowest BCUT2D eigenvalue weighted by atomic mass is 10.0. The molecule has 0 aliphatic heterocycles. The van der Waals surface area contributed by atoms with Crippen molar-refractivity contribution >= 4 is 28.8 Å². The number of carbonyl (C=O) groups is 2. The molecule has 1 aromatic heterocycles. The van der Waals surface area contributed by atoms with Crippen molar-refractivity contribution in [2.75, 3.05) is 13.1 Å². The molecule has 1 atom stereocenters. The molecule has 1 heterocycles. The van der Waals surface area contributed by atoms with Crippen molar-refractivity contribution < 1.29 is 9.59 Å². The fourth-order valence-corrected chi connectivity index (χ4v) is 6.19. The monoisotopic (exact) mass is 657 g/mol. The van der Waals surface area contributed by atoms with E-state index < -0.39 is 11.9 Å². The Balaban J connectivity index is 1.51. The Morgan fingerprint density at radius 3 is 2.12 bits per heavy atom. The molecule has 6 N–H and O–H groups in total. The van der Waals surface area contributed by atoms with Crippen LogP contribution in [0.15, 0.2) is 108 Å². The number of aryl methyl sites for hydroxylation is 1. The van der Waals surface area contributed by atoms with Crippen LogP contribution in [-0.4, -0.2) is 45.3 Å². The minimum atomic E-state index is -0.694. The van der Waals surface area contributed by atoms with Gasteiger partial charge in [-0.25, -0.2) is 4.98 Å². The Bertz CT molecular complexity index is 1850. The number of hydrogen-bond donors (Lipinski definition) is 3. The van der Waals surface area contributed by atoms with Crippen molar-refractivity contribution in [1.82, 2.24) is 14.5 Å². The summed E-state index contributed by atoms with van der Waals surface area (Å²) in [5.74, 6) is 0.0655. The molecule has 5 aromatic rings. The summed E-state index contributed by atoms with van der Waals surface area (Å²) in [6.45, 7) is 3.61. The van der Waals surface area contributed by atoms with E-state index in [9.17, 15) is 9.59 Å². The first-order valence-corrected chi connectivity index (χ1v) is 17.2. The molecule has 0 aliphatic rings. The van der Waals surface area contributed by atoms with Gasteiger partial charge in [-0.2, -0.15) is 0 Å². The van der Waals surface area contributed by atoms with E-state index >= 15 is 0 Å². The van der Waals surface area contributed by atoms with Gasteiger partial charge in [0.2, 0.25) is 5.91 Å². The van der Waals surface area contributed by atoms with Crippen LogP contribution in [0.4, 0.5) is 0 Å². The van der Waals surface area contributed by atoms with Gasteiger partial charge >= 0.3 is 0 Å². The molecule has 0 radical (unpaired) electrons. The van der Waals surface area contributed by atoms with Crippen LogP contribution >= 0.6 is 0 Å². The molecule has 254 valence electrons. The Hall–Kier alpha value is -5.44. The van der Waals surface area contributed by atoms with Gasteiger partial charge in [0.05, 0.1) is 11.0 Å². The smallest absolute Gasteiger partial charge is 0.254 e. The van der Waals surface area contributed by atoms with E-state index in [1.54, 1.807) is 0 Å². The lowest BCUT2D eigenvalue weighted by Crippen LogP contribution is -2.32. The Kier molecular flexibility index (Phi) is 12.2. The van der Waals surface area contributed by atoms with Crippen LogP contribution in [0.5, 0.6) is 0 Å². The maximum absolute atomic E-state index is 14.2. The molecular formula is C40H47N7O2. The number of nitrogens with zero attached hydrogens (tertiary/aromatic N) is 4. The summed E-state index contributed by atoms with van der Waals surface area (Å²) in [6, 6.07) is 33.4. The highest BCUT2D eigenvalue weighted by molar-refractivity contribution is 5.98. The third kappa shape index (κ3) is 9.34. The second-order valence-corrected chi connectivity index (χ2v) is 12.5. The molecule has 0 fully saturated rings. The topological polar surface area (TPSA) is 146 Å². The number of aliphatic imine (C=N–C) groups is 1. The minimum absolute atomic E-state index is 0.00527. The van der Waals surface area contributed by atoms with Gasteiger partial charge in [0.1, 0.15) is 11.9 Å². The predicted molar refractivity (Wildman–Crippen MR) is 198 cm³/mol. The summed E-state index contributed by atoms with van der Waals surface area (Å²) < 4.78 is 1.91. The number of hydrogen-bond acceptors (Lipinski definition) is 4. The highest BCUT2D eigenvalue weighted by Crippen LogP contribution is 2.32. The lowest BCUT2D eigenvalue weighted by Gasteiger charge is -2.23. The van der Waals surface area contributed by atoms with Crippen LogP contribution in [-0.2, 0) is 24.2 Å². The van der Waals surface area contributed by atoms with E-state index in [0.717, 1.165) is 35.9 Å². The molecule has 0 unspecified atom stereocenters. The molecule has 9 heteroatoms.